The Balaban J connectivity index is 2.39. The number of benzene rings is 2. The summed E-state index contributed by atoms with van der Waals surface area (Å²) in [5.74, 6) is 0.466. The third-order valence-corrected chi connectivity index (χ3v) is 3.52. The molecule has 0 heterocycles. The molecule has 3 N–H and O–H groups in total. The van der Waals surface area contributed by atoms with Gasteiger partial charge in [0.05, 0.1) is 10.7 Å². The van der Waals surface area contributed by atoms with Gasteiger partial charge in [0.15, 0.2) is 0 Å². The second-order valence-corrected chi connectivity index (χ2v) is 5.46. The first kappa shape index (κ1) is 13.8. The van der Waals surface area contributed by atoms with E-state index < -0.39 is 0 Å². The van der Waals surface area contributed by atoms with E-state index in [9.17, 15) is 0 Å². The molecule has 3 heteroatoms. The molecule has 0 amide bonds. The lowest BCUT2D eigenvalue weighted by atomic mass is 10.0. The molecule has 0 bridgehead atoms. The molecule has 19 heavy (non-hydrogen) atoms. The van der Waals surface area contributed by atoms with Crippen LogP contribution in [0.1, 0.15) is 30.9 Å². The van der Waals surface area contributed by atoms with E-state index in [4.69, 9.17) is 17.3 Å². The largest absolute Gasteiger partial charge is 0.398 e. The quantitative estimate of drug-likeness (QED) is 0.765. The van der Waals surface area contributed by atoms with Gasteiger partial charge in [-0.1, -0.05) is 43.6 Å². The summed E-state index contributed by atoms with van der Waals surface area (Å²) in [5.41, 5.74) is 10.9. The topological polar surface area (TPSA) is 38.0 Å². The fourth-order valence-electron chi connectivity index (χ4n) is 2.10. The minimum Gasteiger partial charge on any atom is -0.398 e. The fraction of sp³-hybridized carbons (Fsp3) is 0.250. The Morgan fingerprint density at radius 1 is 1.11 bits per heavy atom. The second-order valence-electron chi connectivity index (χ2n) is 5.06. The predicted octanol–water partition coefficient (Wildman–Crippen LogP) is 5.10. The van der Waals surface area contributed by atoms with Crippen LogP contribution >= 0.6 is 11.6 Å². The molecule has 2 aromatic carbocycles. The van der Waals surface area contributed by atoms with Crippen LogP contribution in [0.25, 0.3) is 0 Å². The summed E-state index contributed by atoms with van der Waals surface area (Å²) in [5, 5.41) is 4.03. The Morgan fingerprint density at radius 3 is 2.47 bits per heavy atom. The van der Waals surface area contributed by atoms with E-state index in [1.807, 2.05) is 25.1 Å². The van der Waals surface area contributed by atoms with Crippen LogP contribution in [0.3, 0.4) is 0 Å². The molecule has 0 saturated carbocycles. The lowest BCUT2D eigenvalue weighted by Gasteiger charge is -2.16. The summed E-state index contributed by atoms with van der Waals surface area (Å²) in [6, 6.07) is 12.1. The molecule has 0 fully saturated rings. The lowest BCUT2D eigenvalue weighted by molar-refractivity contribution is 0.869. The Labute approximate surface area is 119 Å². The number of nitrogens with two attached hydrogens (primary N) is 1. The zero-order chi connectivity index (χ0) is 14.0. The molecule has 2 nitrogen and oxygen atoms in total. The monoisotopic (exact) mass is 274 g/mol. The van der Waals surface area contributed by atoms with Gasteiger partial charge in [0.1, 0.15) is 0 Å². The van der Waals surface area contributed by atoms with E-state index in [0.29, 0.717) is 16.6 Å². The highest BCUT2D eigenvalue weighted by Crippen LogP contribution is 2.31. The van der Waals surface area contributed by atoms with Crippen molar-refractivity contribution in [3.05, 3.63) is 52.5 Å². The number of halogens is 1. The number of nitrogens with one attached hydrogen (secondary N) is 1. The van der Waals surface area contributed by atoms with Gasteiger partial charge in [-0.15, -0.1) is 0 Å². The van der Waals surface area contributed by atoms with Gasteiger partial charge in [0, 0.05) is 11.4 Å². The summed E-state index contributed by atoms with van der Waals surface area (Å²) in [4.78, 5) is 0. The smallest absolute Gasteiger partial charge is 0.0656 e. The molecular formula is C16H19ClN2. The number of para-hydroxylation sites is 1. The van der Waals surface area contributed by atoms with Gasteiger partial charge in [-0.2, -0.15) is 0 Å². The molecule has 2 rings (SSSR count). The molecular weight excluding hydrogens is 256 g/mol. The molecule has 0 aliphatic carbocycles. The molecule has 0 spiro atoms. The van der Waals surface area contributed by atoms with E-state index in [1.54, 1.807) is 0 Å². The number of anilines is 3. The van der Waals surface area contributed by atoms with Crippen molar-refractivity contribution >= 4 is 28.7 Å². The SMILES string of the molecule is Cc1cc(N)c(Cl)cc1Nc1ccccc1C(C)C. The highest BCUT2D eigenvalue weighted by atomic mass is 35.5. The Kier molecular flexibility index (Phi) is 4.01. The van der Waals surface area contributed by atoms with Gasteiger partial charge in [0.2, 0.25) is 0 Å². The summed E-state index contributed by atoms with van der Waals surface area (Å²) < 4.78 is 0. The number of rotatable bonds is 3. The van der Waals surface area contributed by atoms with Crippen molar-refractivity contribution in [3.8, 4) is 0 Å². The fourth-order valence-corrected chi connectivity index (χ4v) is 2.26. The highest BCUT2D eigenvalue weighted by molar-refractivity contribution is 6.33. The van der Waals surface area contributed by atoms with Crippen molar-refractivity contribution in [1.82, 2.24) is 0 Å². The Bertz CT molecular complexity index is 591. The third kappa shape index (κ3) is 3.02. The van der Waals surface area contributed by atoms with Gasteiger partial charge in [-0.25, -0.2) is 0 Å². The molecule has 0 saturated heterocycles. The van der Waals surface area contributed by atoms with Crippen molar-refractivity contribution in [3.63, 3.8) is 0 Å². The number of hydrogen-bond donors (Lipinski definition) is 2. The van der Waals surface area contributed by atoms with Gasteiger partial charge < -0.3 is 11.1 Å². The lowest BCUT2D eigenvalue weighted by Crippen LogP contribution is -2.00. The van der Waals surface area contributed by atoms with Gasteiger partial charge in [0.25, 0.3) is 0 Å². The van der Waals surface area contributed by atoms with E-state index >= 15 is 0 Å². The molecule has 0 aromatic heterocycles. The molecule has 0 atom stereocenters. The summed E-state index contributed by atoms with van der Waals surface area (Å²) in [7, 11) is 0. The number of aryl methyl sites for hydroxylation is 1. The van der Waals surface area contributed by atoms with Crippen molar-refractivity contribution in [2.24, 2.45) is 0 Å². The van der Waals surface area contributed by atoms with Crippen molar-refractivity contribution < 1.29 is 0 Å². The first-order valence-electron chi connectivity index (χ1n) is 6.40. The predicted molar refractivity (Wildman–Crippen MR) is 84.4 cm³/mol. The van der Waals surface area contributed by atoms with E-state index in [1.165, 1.54) is 5.56 Å². The highest BCUT2D eigenvalue weighted by Gasteiger charge is 2.08. The van der Waals surface area contributed by atoms with Crippen LogP contribution < -0.4 is 11.1 Å². The first-order valence-corrected chi connectivity index (χ1v) is 6.78. The van der Waals surface area contributed by atoms with Crippen LogP contribution in [-0.2, 0) is 0 Å². The molecule has 0 aliphatic heterocycles. The van der Waals surface area contributed by atoms with Crippen LogP contribution in [0, 0.1) is 6.92 Å². The van der Waals surface area contributed by atoms with Crippen molar-refractivity contribution in [1.29, 1.82) is 0 Å². The number of nitrogen functional groups attached to an aromatic ring is 1. The molecule has 0 radical (unpaired) electrons. The van der Waals surface area contributed by atoms with Crippen molar-refractivity contribution in [2.45, 2.75) is 26.7 Å². The standard InChI is InChI=1S/C16H19ClN2/c1-10(2)12-6-4-5-7-15(12)19-16-9-13(17)14(18)8-11(16)3/h4-10,19H,18H2,1-3H3. The van der Waals surface area contributed by atoms with E-state index in [2.05, 4.69) is 37.4 Å². The average Bonchev–Trinajstić information content (AvgIpc) is 2.36. The van der Waals surface area contributed by atoms with Crippen LogP contribution in [0.4, 0.5) is 17.1 Å². The zero-order valence-electron chi connectivity index (χ0n) is 11.5. The Hall–Kier alpha value is -1.67. The number of hydrogen-bond acceptors (Lipinski definition) is 2. The maximum absolute atomic E-state index is 6.09. The van der Waals surface area contributed by atoms with E-state index in [-0.39, 0.29) is 0 Å². The maximum atomic E-state index is 6.09. The Morgan fingerprint density at radius 2 is 1.79 bits per heavy atom. The van der Waals surface area contributed by atoms with Gasteiger partial charge in [-0.3, -0.25) is 0 Å². The molecule has 0 aliphatic rings. The average molecular weight is 275 g/mol. The van der Waals surface area contributed by atoms with Crippen LogP contribution in [0.5, 0.6) is 0 Å². The van der Waals surface area contributed by atoms with Crippen LogP contribution in [-0.4, -0.2) is 0 Å². The minimum atomic E-state index is 0.466. The first-order chi connectivity index (χ1) is 8.99. The summed E-state index contributed by atoms with van der Waals surface area (Å²) in [6.45, 7) is 6.39. The normalized spacial score (nSPS) is 10.8. The molecule has 0 unspecified atom stereocenters. The van der Waals surface area contributed by atoms with Crippen molar-refractivity contribution in [2.75, 3.05) is 11.1 Å². The van der Waals surface area contributed by atoms with Crippen LogP contribution in [0.2, 0.25) is 5.02 Å². The molecule has 100 valence electrons. The molecule has 2 aromatic rings. The van der Waals surface area contributed by atoms with Gasteiger partial charge >= 0.3 is 0 Å². The summed E-state index contributed by atoms with van der Waals surface area (Å²) >= 11 is 6.09. The third-order valence-electron chi connectivity index (χ3n) is 3.20. The maximum Gasteiger partial charge on any atom is 0.0656 e. The van der Waals surface area contributed by atoms with Gasteiger partial charge in [-0.05, 0) is 42.2 Å². The minimum absolute atomic E-state index is 0.466. The summed E-state index contributed by atoms with van der Waals surface area (Å²) in [6.07, 6.45) is 0. The van der Waals surface area contributed by atoms with E-state index in [0.717, 1.165) is 16.9 Å². The van der Waals surface area contributed by atoms with Crippen LogP contribution in [0.15, 0.2) is 36.4 Å². The second kappa shape index (κ2) is 5.54. The zero-order valence-corrected chi connectivity index (χ0v) is 12.3.